The van der Waals surface area contributed by atoms with Crippen LogP contribution in [0.3, 0.4) is 0 Å². The second-order valence-electron chi connectivity index (χ2n) is 7.33. The first kappa shape index (κ1) is 25.7. The van der Waals surface area contributed by atoms with Gasteiger partial charge in [0.15, 0.2) is 5.11 Å². The first-order valence-electron chi connectivity index (χ1n) is 10.9. The van der Waals surface area contributed by atoms with Crippen molar-refractivity contribution in [3.05, 3.63) is 88.4 Å². The smallest absolute Gasteiger partial charge is 0.257 e. The number of nitrogens with one attached hydrogen (secondary N) is 2. The lowest BCUT2D eigenvalue weighted by Gasteiger charge is -2.15. The third-order valence-electron chi connectivity index (χ3n) is 4.81. The van der Waals surface area contributed by atoms with Crippen molar-refractivity contribution < 1.29 is 19.0 Å². The number of para-hydroxylation sites is 2. The van der Waals surface area contributed by atoms with Gasteiger partial charge in [0.2, 0.25) is 0 Å². The predicted molar refractivity (Wildman–Crippen MR) is 142 cm³/mol. The van der Waals surface area contributed by atoms with Crippen molar-refractivity contribution in [2.24, 2.45) is 0 Å². The fourth-order valence-electron chi connectivity index (χ4n) is 3.12. The van der Waals surface area contributed by atoms with Crippen LogP contribution in [-0.2, 0) is 11.2 Å². The zero-order valence-corrected chi connectivity index (χ0v) is 21.3. The molecular formula is C26H27BrN2O4S. The van der Waals surface area contributed by atoms with Crippen LogP contribution in [0, 0.1) is 0 Å². The van der Waals surface area contributed by atoms with E-state index in [4.69, 9.17) is 26.4 Å². The van der Waals surface area contributed by atoms with E-state index in [9.17, 15) is 4.79 Å². The number of ether oxygens (including phenoxy) is 3. The summed E-state index contributed by atoms with van der Waals surface area (Å²) in [5.74, 6) is 0.975. The SMILES string of the molecule is COCCOc1ccc(C(=O)NC(=S)Nc2ccccc2OCCCc2ccccc2)cc1Br. The van der Waals surface area contributed by atoms with Gasteiger partial charge in [-0.15, -0.1) is 0 Å². The molecule has 2 N–H and O–H groups in total. The molecule has 0 unspecified atom stereocenters. The number of carbonyl (C=O) groups is 1. The minimum Gasteiger partial charge on any atom is -0.491 e. The summed E-state index contributed by atoms with van der Waals surface area (Å²) in [5, 5.41) is 5.94. The zero-order chi connectivity index (χ0) is 24.2. The van der Waals surface area contributed by atoms with Gasteiger partial charge in [-0.3, -0.25) is 10.1 Å². The standard InChI is InChI=1S/C26H27BrN2O4S/c1-31-16-17-33-23-14-13-20(18-21(23)27)25(30)29-26(34)28-22-11-5-6-12-24(22)32-15-7-10-19-8-3-2-4-9-19/h2-6,8-9,11-14,18H,7,10,15-17H2,1H3,(H2,28,29,30,34). The van der Waals surface area contributed by atoms with E-state index in [1.807, 2.05) is 42.5 Å². The Kier molecular flexibility index (Phi) is 10.3. The summed E-state index contributed by atoms with van der Waals surface area (Å²) in [7, 11) is 1.61. The van der Waals surface area contributed by atoms with E-state index >= 15 is 0 Å². The first-order valence-corrected chi connectivity index (χ1v) is 12.1. The molecule has 34 heavy (non-hydrogen) atoms. The molecule has 0 fully saturated rings. The molecule has 0 aliphatic carbocycles. The monoisotopic (exact) mass is 542 g/mol. The van der Waals surface area contributed by atoms with Crippen LogP contribution in [0.2, 0.25) is 0 Å². The molecule has 3 aromatic carbocycles. The topological polar surface area (TPSA) is 68.8 Å². The predicted octanol–water partition coefficient (Wildman–Crippen LogP) is 5.61. The quantitative estimate of drug-likeness (QED) is 0.242. The number of aryl methyl sites for hydroxylation is 1. The molecular weight excluding hydrogens is 516 g/mol. The number of hydrogen-bond acceptors (Lipinski definition) is 5. The number of carbonyl (C=O) groups excluding carboxylic acids is 1. The van der Waals surface area contributed by atoms with Gasteiger partial charge in [0.05, 0.1) is 23.4 Å². The molecule has 0 spiro atoms. The van der Waals surface area contributed by atoms with Gasteiger partial charge in [-0.1, -0.05) is 42.5 Å². The molecule has 0 aliphatic heterocycles. The van der Waals surface area contributed by atoms with Crippen molar-refractivity contribution in [2.75, 3.05) is 32.2 Å². The molecule has 3 aromatic rings. The Morgan fingerprint density at radius 1 is 0.912 bits per heavy atom. The van der Waals surface area contributed by atoms with Crippen LogP contribution < -0.4 is 20.1 Å². The van der Waals surface area contributed by atoms with Crippen molar-refractivity contribution in [2.45, 2.75) is 12.8 Å². The molecule has 0 aliphatic rings. The van der Waals surface area contributed by atoms with E-state index < -0.39 is 0 Å². The summed E-state index contributed by atoms with van der Waals surface area (Å²) in [5.41, 5.74) is 2.42. The van der Waals surface area contributed by atoms with Crippen LogP contribution in [0.1, 0.15) is 22.3 Å². The highest BCUT2D eigenvalue weighted by atomic mass is 79.9. The second-order valence-corrected chi connectivity index (χ2v) is 8.59. The summed E-state index contributed by atoms with van der Waals surface area (Å²) in [6, 6.07) is 22.9. The lowest BCUT2D eigenvalue weighted by molar-refractivity contribution is 0.0977. The Labute approximate surface area is 213 Å². The number of halogens is 1. The third-order valence-corrected chi connectivity index (χ3v) is 5.64. The van der Waals surface area contributed by atoms with E-state index in [2.05, 4.69) is 38.7 Å². The van der Waals surface area contributed by atoms with Crippen LogP contribution in [0.25, 0.3) is 0 Å². The molecule has 6 nitrogen and oxygen atoms in total. The van der Waals surface area contributed by atoms with Crippen LogP contribution in [-0.4, -0.2) is 38.0 Å². The fourth-order valence-corrected chi connectivity index (χ4v) is 3.82. The van der Waals surface area contributed by atoms with E-state index in [1.165, 1.54) is 5.56 Å². The van der Waals surface area contributed by atoms with Gasteiger partial charge in [0, 0.05) is 12.7 Å². The van der Waals surface area contributed by atoms with Crippen LogP contribution in [0.15, 0.2) is 77.3 Å². The van der Waals surface area contributed by atoms with Crippen molar-refractivity contribution in [1.29, 1.82) is 0 Å². The first-order chi connectivity index (χ1) is 16.6. The van der Waals surface area contributed by atoms with Gasteiger partial charge in [-0.2, -0.15) is 0 Å². The summed E-state index contributed by atoms with van der Waals surface area (Å²) in [6.07, 6.45) is 1.83. The molecule has 0 saturated heterocycles. The number of thiocarbonyl (C=S) groups is 1. The summed E-state index contributed by atoms with van der Waals surface area (Å²) >= 11 is 8.78. The molecule has 0 radical (unpaired) electrons. The Bertz CT molecular complexity index is 1100. The fraction of sp³-hybridized carbons (Fsp3) is 0.231. The summed E-state index contributed by atoms with van der Waals surface area (Å²) in [4.78, 5) is 12.6. The highest BCUT2D eigenvalue weighted by Gasteiger charge is 2.12. The number of amides is 1. The van der Waals surface area contributed by atoms with Crippen molar-refractivity contribution in [3.8, 4) is 11.5 Å². The van der Waals surface area contributed by atoms with E-state index in [0.717, 1.165) is 12.8 Å². The maximum atomic E-state index is 12.6. The molecule has 0 atom stereocenters. The number of benzene rings is 3. The van der Waals surface area contributed by atoms with Gasteiger partial charge in [-0.05, 0) is 76.9 Å². The van der Waals surface area contributed by atoms with Gasteiger partial charge in [-0.25, -0.2) is 0 Å². The van der Waals surface area contributed by atoms with Crippen LogP contribution in [0.4, 0.5) is 5.69 Å². The van der Waals surface area contributed by atoms with E-state index in [0.29, 0.717) is 47.0 Å². The summed E-state index contributed by atoms with van der Waals surface area (Å²) < 4.78 is 17.2. The average Bonchev–Trinajstić information content (AvgIpc) is 2.84. The number of hydrogen-bond donors (Lipinski definition) is 2. The van der Waals surface area contributed by atoms with Crippen molar-refractivity contribution in [1.82, 2.24) is 5.32 Å². The maximum absolute atomic E-state index is 12.6. The number of anilines is 1. The maximum Gasteiger partial charge on any atom is 0.257 e. The van der Waals surface area contributed by atoms with Crippen molar-refractivity contribution >= 4 is 44.9 Å². The molecule has 3 rings (SSSR count). The Hall–Kier alpha value is -2.94. The highest BCUT2D eigenvalue weighted by molar-refractivity contribution is 9.10. The Morgan fingerprint density at radius 2 is 1.65 bits per heavy atom. The summed E-state index contributed by atoms with van der Waals surface area (Å²) in [6.45, 7) is 1.47. The largest absolute Gasteiger partial charge is 0.491 e. The van der Waals surface area contributed by atoms with Gasteiger partial charge < -0.3 is 19.5 Å². The Morgan fingerprint density at radius 3 is 2.41 bits per heavy atom. The molecule has 0 aromatic heterocycles. The lowest BCUT2D eigenvalue weighted by atomic mass is 10.1. The molecule has 8 heteroatoms. The van der Waals surface area contributed by atoms with E-state index in [-0.39, 0.29) is 11.0 Å². The van der Waals surface area contributed by atoms with Gasteiger partial charge in [0.25, 0.3) is 5.91 Å². The van der Waals surface area contributed by atoms with Crippen LogP contribution in [0.5, 0.6) is 11.5 Å². The molecule has 0 bridgehead atoms. The van der Waals surface area contributed by atoms with Crippen LogP contribution >= 0.6 is 28.1 Å². The molecule has 0 saturated carbocycles. The highest BCUT2D eigenvalue weighted by Crippen LogP contribution is 2.26. The molecule has 178 valence electrons. The zero-order valence-electron chi connectivity index (χ0n) is 18.9. The molecule has 1 amide bonds. The number of rotatable bonds is 11. The number of methoxy groups -OCH3 is 1. The Balaban J connectivity index is 1.51. The van der Waals surface area contributed by atoms with Gasteiger partial charge >= 0.3 is 0 Å². The van der Waals surface area contributed by atoms with Crippen molar-refractivity contribution in [3.63, 3.8) is 0 Å². The minimum atomic E-state index is -0.331. The lowest BCUT2D eigenvalue weighted by Crippen LogP contribution is -2.34. The average molecular weight is 543 g/mol. The minimum absolute atomic E-state index is 0.182. The van der Waals surface area contributed by atoms with E-state index in [1.54, 1.807) is 25.3 Å². The second kappa shape index (κ2) is 13.7. The third kappa shape index (κ3) is 8.13. The van der Waals surface area contributed by atoms with Gasteiger partial charge in [0.1, 0.15) is 18.1 Å². The normalized spacial score (nSPS) is 10.4. The molecule has 0 heterocycles.